The minimum Gasteiger partial charge on any atom is -0.497 e. The number of rotatable bonds is 8. The van der Waals surface area contributed by atoms with Gasteiger partial charge in [0, 0.05) is 30.4 Å². The lowest BCUT2D eigenvalue weighted by molar-refractivity contribution is 0.0697. The number of nitrogens with zero attached hydrogens (tertiary/aromatic N) is 2. The fourth-order valence-electron chi connectivity index (χ4n) is 5.31. The Morgan fingerprint density at radius 3 is 2.58 bits per heavy atom. The first-order valence-corrected chi connectivity index (χ1v) is 12.3. The zero-order chi connectivity index (χ0) is 27.0. The smallest absolute Gasteiger partial charge is 0.339 e. The van der Waals surface area contributed by atoms with Crippen LogP contribution < -0.4 is 31.0 Å². The quantitative estimate of drug-likeness (QED) is 0.351. The molecule has 3 heterocycles. The van der Waals surface area contributed by atoms with Gasteiger partial charge in [0.25, 0.3) is 11.5 Å². The van der Waals surface area contributed by atoms with E-state index < -0.39 is 11.6 Å². The first-order valence-electron chi connectivity index (χ1n) is 12.3. The number of anilines is 3. The molecule has 1 aromatic carbocycles. The number of carbonyl (C=O) groups excluding carboxylic acids is 1. The Kier molecular flexibility index (Phi) is 6.43. The number of ether oxygens (including phenoxy) is 2. The maximum Gasteiger partial charge on any atom is 0.339 e. The summed E-state index contributed by atoms with van der Waals surface area (Å²) >= 11 is 0. The molecule has 1 aliphatic carbocycles. The Labute approximate surface area is 218 Å². The van der Waals surface area contributed by atoms with E-state index in [9.17, 15) is 19.5 Å². The molecule has 2 aliphatic rings. The summed E-state index contributed by atoms with van der Waals surface area (Å²) in [7, 11) is 3.14. The van der Waals surface area contributed by atoms with Gasteiger partial charge in [-0.05, 0) is 56.4 Å². The van der Waals surface area contributed by atoms with E-state index in [2.05, 4.69) is 20.9 Å². The summed E-state index contributed by atoms with van der Waals surface area (Å²) in [6, 6.07) is 8.57. The lowest BCUT2D eigenvalue weighted by Crippen LogP contribution is -2.45. The van der Waals surface area contributed by atoms with E-state index in [-0.39, 0.29) is 28.4 Å². The van der Waals surface area contributed by atoms with Gasteiger partial charge in [0.1, 0.15) is 39.9 Å². The second-order valence-corrected chi connectivity index (χ2v) is 9.50. The van der Waals surface area contributed by atoms with Crippen molar-refractivity contribution >= 4 is 29.1 Å². The van der Waals surface area contributed by atoms with Gasteiger partial charge in [0.15, 0.2) is 0 Å². The Morgan fingerprint density at radius 1 is 1.13 bits per heavy atom. The normalized spacial score (nSPS) is 15.2. The third kappa shape index (κ3) is 4.29. The van der Waals surface area contributed by atoms with Crippen LogP contribution in [0.3, 0.4) is 0 Å². The van der Waals surface area contributed by atoms with E-state index in [4.69, 9.17) is 9.47 Å². The fourth-order valence-corrected chi connectivity index (χ4v) is 5.31. The second kappa shape index (κ2) is 9.73. The average molecular weight is 520 g/mol. The van der Waals surface area contributed by atoms with Crippen LogP contribution in [0.15, 0.2) is 41.3 Å². The van der Waals surface area contributed by atoms with E-state index in [1.807, 2.05) is 12.1 Å². The molecule has 1 spiro atoms. The number of pyridine rings is 2. The van der Waals surface area contributed by atoms with E-state index in [0.717, 1.165) is 18.4 Å². The van der Waals surface area contributed by atoms with E-state index in [1.54, 1.807) is 43.9 Å². The highest BCUT2D eigenvalue weighted by molar-refractivity contribution is 5.98. The molecule has 0 radical (unpaired) electrons. The van der Waals surface area contributed by atoms with Crippen molar-refractivity contribution in [2.24, 2.45) is 0 Å². The van der Waals surface area contributed by atoms with Crippen molar-refractivity contribution in [3.8, 4) is 11.5 Å². The van der Waals surface area contributed by atoms with Crippen molar-refractivity contribution < 1.29 is 24.2 Å². The number of aryl methyl sites for hydroxylation is 1. The predicted molar refractivity (Wildman–Crippen MR) is 141 cm³/mol. The van der Waals surface area contributed by atoms with Gasteiger partial charge in [-0.15, -0.1) is 0 Å². The molecule has 4 N–H and O–H groups in total. The summed E-state index contributed by atoms with van der Waals surface area (Å²) in [6.45, 7) is 2.12. The van der Waals surface area contributed by atoms with Crippen molar-refractivity contribution in [3.63, 3.8) is 0 Å². The monoisotopic (exact) mass is 519 g/mol. The van der Waals surface area contributed by atoms with Crippen molar-refractivity contribution in [2.75, 3.05) is 24.9 Å². The number of benzene rings is 1. The maximum atomic E-state index is 13.6. The fraction of sp³-hybridized carbons (Fsp3) is 0.333. The van der Waals surface area contributed by atoms with Gasteiger partial charge in [-0.1, -0.05) is 0 Å². The molecule has 3 aromatic rings. The molecule has 1 aliphatic heterocycles. The third-order valence-corrected chi connectivity index (χ3v) is 7.17. The number of hydrogen-bond acceptors (Lipinski definition) is 8. The van der Waals surface area contributed by atoms with Crippen LogP contribution in [-0.4, -0.2) is 40.8 Å². The topological polar surface area (TPSA) is 144 Å². The number of carbonyl (C=O) groups is 2. The highest BCUT2D eigenvalue weighted by atomic mass is 16.5. The Balaban J connectivity index is 1.48. The third-order valence-electron chi connectivity index (χ3n) is 7.17. The second-order valence-electron chi connectivity index (χ2n) is 9.50. The zero-order valence-electron chi connectivity index (χ0n) is 21.4. The number of aromatic nitrogens is 2. The van der Waals surface area contributed by atoms with Crippen molar-refractivity contribution in [1.29, 1.82) is 0 Å². The number of methoxy groups -OCH3 is 2. The number of hydrogen-bond donors (Lipinski definition) is 4. The Hall–Kier alpha value is -4.54. The highest BCUT2D eigenvalue weighted by Gasteiger charge is 2.46. The van der Waals surface area contributed by atoms with E-state index in [1.165, 1.54) is 6.20 Å². The predicted octanol–water partition coefficient (Wildman–Crippen LogP) is 3.59. The molecule has 0 unspecified atom stereocenters. The number of nitrogens with one attached hydrogen (secondary N) is 3. The highest BCUT2D eigenvalue weighted by Crippen LogP contribution is 2.39. The van der Waals surface area contributed by atoms with Crippen LogP contribution in [0, 0.1) is 6.92 Å². The van der Waals surface area contributed by atoms with Crippen LogP contribution in [-0.2, 0) is 12.2 Å². The van der Waals surface area contributed by atoms with Gasteiger partial charge in [-0.25, -0.2) is 9.78 Å². The molecule has 1 saturated carbocycles. The van der Waals surface area contributed by atoms with Gasteiger partial charge in [-0.2, -0.15) is 0 Å². The maximum absolute atomic E-state index is 13.6. The Morgan fingerprint density at radius 2 is 1.89 bits per heavy atom. The molecule has 0 bridgehead atoms. The van der Waals surface area contributed by atoms with Crippen LogP contribution in [0.2, 0.25) is 0 Å². The zero-order valence-corrected chi connectivity index (χ0v) is 21.4. The molecule has 0 saturated heterocycles. The molecule has 0 atom stereocenters. The molecular formula is C27H29N5O6. The van der Waals surface area contributed by atoms with Crippen LogP contribution in [0.4, 0.5) is 17.2 Å². The van der Waals surface area contributed by atoms with Crippen molar-refractivity contribution in [1.82, 2.24) is 14.9 Å². The summed E-state index contributed by atoms with van der Waals surface area (Å²) < 4.78 is 12.2. The largest absolute Gasteiger partial charge is 0.497 e. The van der Waals surface area contributed by atoms with E-state index in [0.29, 0.717) is 48.0 Å². The summed E-state index contributed by atoms with van der Waals surface area (Å²) in [5, 5.41) is 19.0. The molecule has 11 heteroatoms. The molecule has 1 amide bonds. The number of carboxylic acid groups (broad SMARTS) is 1. The van der Waals surface area contributed by atoms with Crippen LogP contribution in [0.5, 0.6) is 11.5 Å². The number of amides is 1. The molecule has 198 valence electrons. The van der Waals surface area contributed by atoms with Crippen LogP contribution in [0.25, 0.3) is 0 Å². The summed E-state index contributed by atoms with van der Waals surface area (Å²) in [4.78, 5) is 42.6. The van der Waals surface area contributed by atoms with Gasteiger partial charge in [0.05, 0.1) is 19.9 Å². The SMILES string of the molecule is COc1ccc(CNc2cc(Nc3cc(C)c4n(c3=O)C3(CCCC3)NC4=O)c(C(=O)O)cn2)c(OC)c1. The molecule has 38 heavy (non-hydrogen) atoms. The molecule has 5 rings (SSSR count). The molecule has 11 nitrogen and oxygen atoms in total. The molecule has 1 fully saturated rings. The average Bonchev–Trinajstić information content (AvgIpc) is 3.49. The minimum atomic E-state index is -1.19. The Bertz CT molecular complexity index is 1490. The van der Waals surface area contributed by atoms with Crippen LogP contribution >= 0.6 is 0 Å². The van der Waals surface area contributed by atoms with E-state index >= 15 is 0 Å². The van der Waals surface area contributed by atoms with Crippen molar-refractivity contribution in [3.05, 3.63) is 69.3 Å². The summed E-state index contributed by atoms with van der Waals surface area (Å²) in [6.07, 6.45) is 4.40. The number of carboxylic acids is 1. The van der Waals surface area contributed by atoms with Gasteiger partial charge >= 0.3 is 5.97 Å². The first kappa shape index (κ1) is 25.1. The van der Waals surface area contributed by atoms with Crippen LogP contribution in [0.1, 0.15) is 57.7 Å². The van der Waals surface area contributed by atoms with Gasteiger partial charge < -0.3 is 30.5 Å². The van der Waals surface area contributed by atoms with Crippen molar-refractivity contribution in [2.45, 2.75) is 44.8 Å². The summed E-state index contributed by atoms with van der Waals surface area (Å²) in [5.74, 6) is 0.239. The number of fused-ring (bicyclic) bond motifs is 2. The molecule has 2 aromatic heterocycles. The van der Waals surface area contributed by atoms with Gasteiger partial charge in [-0.3, -0.25) is 14.2 Å². The molecular weight excluding hydrogens is 490 g/mol. The lowest BCUT2D eigenvalue weighted by Gasteiger charge is -2.27. The minimum absolute atomic E-state index is 0.0927. The standard InChI is InChI=1S/C27H29N5O6/c1-15-10-20(25(34)32-23(15)24(33)31-27(32)8-4-5-9-27)30-19-12-22(29-14-18(19)26(35)36)28-13-16-6-7-17(37-2)11-21(16)38-3/h6-7,10-12,14H,4-5,8-9,13H2,1-3H3,(H,31,33)(H,35,36)(H2,28,29,30). The van der Waals surface area contributed by atoms with Gasteiger partial charge in [0.2, 0.25) is 0 Å². The lowest BCUT2D eigenvalue weighted by atomic mass is 10.1. The number of aromatic carboxylic acids is 1. The first-order chi connectivity index (χ1) is 18.3. The summed E-state index contributed by atoms with van der Waals surface area (Å²) in [5.41, 5.74) is 1.01.